The van der Waals surface area contributed by atoms with Crippen molar-refractivity contribution in [3.63, 3.8) is 0 Å². The second-order valence-electron chi connectivity index (χ2n) is 10.7. The molecule has 0 spiro atoms. The highest BCUT2D eigenvalue weighted by atomic mass is 16.5. The molecule has 2 fully saturated rings. The van der Waals surface area contributed by atoms with Gasteiger partial charge in [0, 0.05) is 35.2 Å². The Morgan fingerprint density at radius 3 is 2.67 bits per heavy atom. The topological polar surface area (TPSA) is 89.3 Å². The lowest BCUT2D eigenvalue weighted by Gasteiger charge is -2.32. The molecule has 0 unspecified atom stereocenters. The predicted octanol–water partition coefficient (Wildman–Crippen LogP) is 5.80. The quantitative estimate of drug-likeness (QED) is 0.249. The van der Waals surface area contributed by atoms with Gasteiger partial charge in [-0.05, 0) is 62.7 Å². The number of para-hydroxylation sites is 2. The van der Waals surface area contributed by atoms with Gasteiger partial charge in [0.2, 0.25) is 5.88 Å². The molecule has 0 radical (unpaired) electrons. The summed E-state index contributed by atoms with van der Waals surface area (Å²) < 4.78 is 19.8. The molecular weight excluding hydrogens is 502 g/mol. The Balaban J connectivity index is 0.995. The van der Waals surface area contributed by atoms with Crippen LogP contribution in [0.3, 0.4) is 0 Å². The summed E-state index contributed by atoms with van der Waals surface area (Å²) in [7, 11) is 0. The molecule has 5 aromatic rings. The first-order chi connectivity index (χ1) is 19.7. The fourth-order valence-corrected chi connectivity index (χ4v) is 5.89. The third-order valence-electron chi connectivity index (χ3n) is 8.22. The number of hydrogen-bond acceptors (Lipinski definition) is 7. The summed E-state index contributed by atoms with van der Waals surface area (Å²) in [6.45, 7) is 4.92. The average molecular weight is 534 g/mol. The minimum Gasteiger partial charge on any atom is -0.473 e. The number of nitriles is 1. The van der Waals surface area contributed by atoms with Gasteiger partial charge in [-0.2, -0.15) is 5.26 Å². The van der Waals surface area contributed by atoms with E-state index in [2.05, 4.69) is 45.9 Å². The molecule has 2 aromatic carbocycles. The summed E-state index contributed by atoms with van der Waals surface area (Å²) in [6.07, 6.45) is 5.12. The third kappa shape index (κ3) is 4.83. The van der Waals surface area contributed by atoms with E-state index in [4.69, 9.17) is 23.9 Å². The predicted molar refractivity (Wildman–Crippen MR) is 151 cm³/mol. The fourth-order valence-electron chi connectivity index (χ4n) is 5.89. The van der Waals surface area contributed by atoms with E-state index >= 15 is 0 Å². The molecule has 2 aliphatic rings. The van der Waals surface area contributed by atoms with Gasteiger partial charge in [-0.3, -0.25) is 4.90 Å². The summed E-state index contributed by atoms with van der Waals surface area (Å²) in [4.78, 5) is 12.4. The van der Waals surface area contributed by atoms with Crippen LogP contribution in [0.2, 0.25) is 0 Å². The normalized spacial score (nSPS) is 18.1. The first-order valence-corrected chi connectivity index (χ1v) is 14.0. The zero-order valence-electron chi connectivity index (χ0n) is 22.3. The number of fused-ring (bicyclic) bond motifs is 2. The van der Waals surface area contributed by atoms with E-state index in [1.807, 2.05) is 30.3 Å². The number of nitrogens with zero attached hydrogens (tertiary/aromatic N) is 5. The van der Waals surface area contributed by atoms with Crippen LogP contribution in [0, 0.1) is 11.3 Å². The molecule has 5 heterocycles. The van der Waals surface area contributed by atoms with Crippen LogP contribution < -0.4 is 4.74 Å². The Hall–Kier alpha value is -4.19. The lowest BCUT2D eigenvalue weighted by atomic mass is 9.93. The Morgan fingerprint density at radius 2 is 1.85 bits per heavy atom. The number of piperidine rings is 1. The minimum atomic E-state index is 0.296. The van der Waals surface area contributed by atoms with Crippen molar-refractivity contribution in [2.45, 2.75) is 51.0 Å². The first kappa shape index (κ1) is 24.8. The average Bonchev–Trinajstić information content (AvgIpc) is 3.59. The van der Waals surface area contributed by atoms with Crippen LogP contribution in [0.25, 0.3) is 22.0 Å². The van der Waals surface area contributed by atoms with Crippen LogP contribution in [-0.2, 0) is 24.4 Å². The van der Waals surface area contributed by atoms with Gasteiger partial charge in [-0.1, -0.05) is 24.3 Å². The SMILES string of the molecule is N#Cc1ccc(COc2cccc(C3CCN(Cc4nc5ccccc5n4C[C@@H]4CCO4)CC3)n2)c2occc12. The Kier molecular flexibility index (Phi) is 6.68. The van der Waals surface area contributed by atoms with Crippen molar-refractivity contribution in [2.24, 2.45) is 0 Å². The lowest BCUT2D eigenvalue weighted by molar-refractivity contribution is -0.0592. The molecule has 3 aromatic heterocycles. The van der Waals surface area contributed by atoms with Crippen molar-refractivity contribution in [2.75, 3.05) is 19.7 Å². The van der Waals surface area contributed by atoms with Gasteiger partial charge in [0.1, 0.15) is 18.0 Å². The lowest BCUT2D eigenvalue weighted by Crippen LogP contribution is -2.35. The van der Waals surface area contributed by atoms with Crippen molar-refractivity contribution in [1.82, 2.24) is 19.4 Å². The van der Waals surface area contributed by atoms with Gasteiger partial charge in [0.15, 0.2) is 0 Å². The molecule has 1 atom stereocenters. The van der Waals surface area contributed by atoms with E-state index in [0.29, 0.717) is 35.7 Å². The zero-order chi connectivity index (χ0) is 26.9. The van der Waals surface area contributed by atoms with Gasteiger partial charge in [0.25, 0.3) is 0 Å². The maximum atomic E-state index is 9.34. The molecule has 8 heteroatoms. The van der Waals surface area contributed by atoms with Gasteiger partial charge in [0.05, 0.1) is 48.1 Å². The summed E-state index contributed by atoms with van der Waals surface area (Å²) in [5.74, 6) is 2.13. The first-order valence-electron chi connectivity index (χ1n) is 14.0. The highest BCUT2D eigenvalue weighted by Gasteiger charge is 2.26. The third-order valence-corrected chi connectivity index (χ3v) is 8.22. The summed E-state index contributed by atoms with van der Waals surface area (Å²) in [6, 6.07) is 22.2. The van der Waals surface area contributed by atoms with Crippen LogP contribution in [0.15, 0.2) is 71.3 Å². The van der Waals surface area contributed by atoms with Crippen LogP contribution in [0.5, 0.6) is 5.88 Å². The van der Waals surface area contributed by atoms with Gasteiger partial charge >= 0.3 is 0 Å². The van der Waals surface area contributed by atoms with E-state index in [1.54, 1.807) is 6.26 Å². The number of ether oxygens (including phenoxy) is 2. The van der Waals surface area contributed by atoms with E-state index < -0.39 is 0 Å². The van der Waals surface area contributed by atoms with Crippen LogP contribution in [-0.4, -0.2) is 45.2 Å². The molecule has 202 valence electrons. The maximum absolute atomic E-state index is 9.34. The molecule has 0 aliphatic carbocycles. The standard InChI is InChI=1S/C32H31N5O3/c33-18-23-8-9-24(32-26(23)13-17-39-32)21-40-31-7-3-5-27(35-31)22-10-14-36(15-11-22)20-30-34-28-4-1-2-6-29(28)37(30)19-25-12-16-38-25/h1-9,13,17,22,25H,10-12,14-16,19-21H2/t25-/m0/s1. The summed E-state index contributed by atoms with van der Waals surface area (Å²) in [5.41, 5.74) is 5.52. The monoisotopic (exact) mass is 533 g/mol. The highest BCUT2D eigenvalue weighted by Crippen LogP contribution is 2.30. The molecule has 40 heavy (non-hydrogen) atoms. The van der Waals surface area contributed by atoms with Gasteiger partial charge < -0.3 is 18.5 Å². The molecule has 0 saturated carbocycles. The number of likely N-dealkylation sites (tertiary alicyclic amines) is 1. The van der Waals surface area contributed by atoms with E-state index in [1.165, 1.54) is 5.52 Å². The van der Waals surface area contributed by atoms with Gasteiger partial charge in [-0.15, -0.1) is 0 Å². The van der Waals surface area contributed by atoms with Crippen molar-refractivity contribution >= 4 is 22.0 Å². The Morgan fingerprint density at radius 1 is 0.975 bits per heavy atom. The fraction of sp³-hybridized carbons (Fsp3) is 0.344. The number of rotatable bonds is 8. The van der Waals surface area contributed by atoms with Crippen molar-refractivity contribution in [3.05, 3.63) is 89.6 Å². The Bertz CT molecular complexity index is 1690. The summed E-state index contributed by atoms with van der Waals surface area (Å²) in [5, 5.41) is 10.1. The highest BCUT2D eigenvalue weighted by molar-refractivity contribution is 5.86. The molecule has 0 amide bonds. The van der Waals surface area contributed by atoms with Crippen molar-refractivity contribution in [1.29, 1.82) is 5.26 Å². The number of hydrogen-bond donors (Lipinski definition) is 0. The van der Waals surface area contributed by atoms with Crippen LogP contribution in [0.1, 0.15) is 47.8 Å². The molecule has 7 rings (SSSR count). The minimum absolute atomic E-state index is 0.296. The molecular formula is C32H31N5O3. The smallest absolute Gasteiger partial charge is 0.213 e. The maximum Gasteiger partial charge on any atom is 0.213 e. The number of aromatic nitrogens is 3. The number of benzene rings is 2. The van der Waals surface area contributed by atoms with E-state index in [0.717, 1.165) is 80.0 Å². The second kappa shape index (κ2) is 10.8. The van der Waals surface area contributed by atoms with Crippen molar-refractivity contribution < 1.29 is 13.9 Å². The van der Waals surface area contributed by atoms with Crippen LogP contribution in [0.4, 0.5) is 0 Å². The largest absolute Gasteiger partial charge is 0.473 e. The molecule has 2 aliphatic heterocycles. The number of furan rings is 1. The zero-order valence-corrected chi connectivity index (χ0v) is 22.3. The molecule has 0 bridgehead atoms. The molecule has 8 nitrogen and oxygen atoms in total. The van der Waals surface area contributed by atoms with Crippen LogP contribution >= 0.6 is 0 Å². The number of imidazole rings is 1. The van der Waals surface area contributed by atoms with Gasteiger partial charge in [-0.25, -0.2) is 9.97 Å². The number of pyridine rings is 1. The molecule has 2 saturated heterocycles. The summed E-state index contributed by atoms with van der Waals surface area (Å²) >= 11 is 0. The van der Waals surface area contributed by atoms with Crippen molar-refractivity contribution in [3.8, 4) is 11.9 Å². The Labute approximate surface area is 232 Å². The van der Waals surface area contributed by atoms with E-state index in [-0.39, 0.29) is 0 Å². The second-order valence-corrected chi connectivity index (χ2v) is 10.7. The molecule has 0 N–H and O–H groups in total. The van der Waals surface area contributed by atoms with E-state index in [9.17, 15) is 5.26 Å².